The van der Waals surface area contributed by atoms with Gasteiger partial charge in [-0.05, 0) is 16.3 Å². The summed E-state index contributed by atoms with van der Waals surface area (Å²) < 4.78 is 0. The number of nitrogens with one attached hydrogen (secondary N) is 1. The molecule has 2 aromatic carbocycles. The summed E-state index contributed by atoms with van der Waals surface area (Å²) in [4.78, 5) is 2.26. The van der Waals surface area contributed by atoms with Crippen molar-refractivity contribution in [1.29, 1.82) is 5.26 Å². The largest absolute Gasteiger partial charge is 0.314 e. The molecule has 1 atom stereocenters. The number of fused-ring (bicyclic) bond motifs is 1. The highest BCUT2D eigenvalue weighted by molar-refractivity contribution is 5.86. The first kappa shape index (κ1) is 12.2. The molecule has 0 bridgehead atoms. The van der Waals surface area contributed by atoms with Gasteiger partial charge in [-0.1, -0.05) is 42.5 Å². The van der Waals surface area contributed by atoms with E-state index in [1.807, 2.05) is 18.2 Å². The first-order chi connectivity index (χ1) is 9.40. The van der Waals surface area contributed by atoms with Gasteiger partial charge in [-0.2, -0.15) is 5.26 Å². The SMILES string of the molecule is N#CC(c1cccc2ccccc12)N1CCNCC1. The van der Waals surface area contributed by atoms with Crippen LogP contribution in [0.1, 0.15) is 11.6 Å². The highest BCUT2D eigenvalue weighted by atomic mass is 15.2. The van der Waals surface area contributed by atoms with Crippen LogP contribution in [0, 0.1) is 11.3 Å². The highest BCUT2D eigenvalue weighted by Crippen LogP contribution is 2.28. The second-order valence-corrected chi connectivity index (χ2v) is 4.89. The van der Waals surface area contributed by atoms with Crippen LogP contribution in [0.25, 0.3) is 10.8 Å². The number of hydrogen-bond acceptors (Lipinski definition) is 3. The molecule has 0 radical (unpaired) electrons. The number of rotatable bonds is 2. The summed E-state index contributed by atoms with van der Waals surface area (Å²) in [6.45, 7) is 3.79. The molecule has 0 aliphatic carbocycles. The van der Waals surface area contributed by atoms with Crippen molar-refractivity contribution in [1.82, 2.24) is 10.2 Å². The van der Waals surface area contributed by atoms with Crippen molar-refractivity contribution in [2.75, 3.05) is 26.2 Å². The van der Waals surface area contributed by atoms with Gasteiger partial charge in [-0.25, -0.2) is 0 Å². The molecule has 19 heavy (non-hydrogen) atoms. The standard InChI is InChI=1S/C16H17N3/c17-12-16(19-10-8-18-9-11-19)15-7-3-5-13-4-1-2-6-14(13)15/h1-7,16,18H,8-11H2. The summed E-state index contributed by atoms with van der Waals surface area (Å²) in [7, 11) is 0. The van der Waals surface area contributed by atoms with Gasteiger partial charge in [0, 0.05) is 26.2 Å². The normalized spacial score (nSPS) is 18.1. The number of nitrogens with zero attached hydrogens (tertiary/aromatic N) is 2. The van der Waals surface area contributed by atoms with Crippen LogP contribution < -0.4 is 5.32 Å². The predicted octanol–water partition coefficient (Wildman–Crippen LogP) is 2.31. The van der Waals surface area contributed by atoms with Gasteiger partial charge in [-0.15, -0.1) is 0 Å². The van der Waals surface area contributed by atoms with Crippen LogP contribution in [0.3, 0.4) is 0 Å². The van der Waals surface area contributed by atoms with E-state index >= 15 is 0 Å². The summed E-state index contributed by atoms with van der Waals surface area (Å²) in [6, 6.07) is 16.9. The minimum Gasteiger partial charge on any atom is -0.314 e. The molecule has 1 aliphatic rings. The molecule has 1 N–H and O–H groups in total. The second-order valence-electron chi connectivity index (χ2n) is 4.89. The van der Waals surface area contributed by atoms with E-state index in [9.17, 15) is 5.26 Å². The third kappa shape index (κ3) is 2.33. The summed E-state index contributed by atoms with van der Waals surface area (Å²) >= 11 is 0. The quantitative estimate of drug-likeness (QED) is 0.890. The van der Waals surface area contributed by atoms with E-state index < -0.39 is 0 Å². The molecular weight excluding hydrogens is 234 g/mol. The first-order valence-corrected chi connectivity index (χ1v) is 6.72. The molecule has 2 aromatic rings. The van der Waals surface area contributed by atoms with Crippen molar-refractivity contribution >= 4 is 10.8 Å². The fourth-order valence-corrected chi connectivity index (χ4v) is 2.78. The third-order valence-corrected chi connectivity index (χ3v) is 3.76. The van der Waals surface area contributed by atoms with Crippen LogP contribution in [0.2, 0.25) is 0 Å². The zero-order valence-corrected chi connectivity index (χ0v) is 10.8. The zero-order chi connectivity index (χ0) is 13.1. The monoisotopic (exact) mass is 251 g/mol. The van der Waals surface area contributed by atoms with Gasteiger partial charge in [0.1, 0.15) is 6.04 Å². The lowest BCUT2D eigenvalue weighted by atomic mass is 9.98. The Morgan fingerprint density at radius 2 is 1.79 bits per heavy atom. The Morgan fingerprint density at radius 1 is 1.05 bits per heavy atom. The van der Waals surface area contributed by atoms with Crippen LogP contribution >= 0.6 is 0 Å². The smallest absolute Gasteiger partial charge is 0.124 e. The third-order valence-electron chi connectivity index (χ3n) is 3.76. The summed E-state index contributed by atoms with van der Waals surface area (Å²) in [5, 5.41) is 15.3. The van der Waals surface area contributed by atoms with Crippen molar-refractivity contribution in [3.05, 3.63) is 48.0 Å². The van der Waals surface area contributed by atoms with Crippen LogP contribution in [-0.2, 0) is 0 Å². The van der Waals surface area contributed by atoms with E-state index in [2.05, 4.69) is 40.6 Å². The molecule has 0 spiro atoms. The molecule has 1 heterocycles. The van der Waals surface area contributed by atoms with E-state index in [4.69, 9.17) is 0 Å². The molecule has 0 amide bonds. The topological polar surface area (TPSA) is 39.1 Å². The fourth-order valence-electron chi connectivity index (χ4n) is 2.78. The molecular formula is C16H17N3. The molecule has 96 valence electrons. The lowest BCUT2D eigenvalue weighted by Crippen LogP contribution is -2.44. The van der Waals surface area contributed by atoms with E-state index in [0.29, 0.717) is 0 Å². The van der Waals surface area contributed by atoms with E-state index in [1.54, 1.807) is 0 Å². The molecule has 1 saturated heterocycles. The van der Waals surface area contributed by atoms with Crippen molar-refractivity contribution < 1.29 is 0 Å². The summed E-state index contributed by atoms with van der Waals surface area (Å²) in [5.74, 6) is 0. The number of piperazine rings is 1. The van der Waals surface area contributed by atoms with Gasteiger partial charge in [0.25, 0.3) is 0 Å². The molecule has 1 unspecified atom stereocenters. The molecule has 0 aromatic heterocycles. The Kier molecular flexibility index (Phi) is 3.45. The van der Waals surface area contributed by atoms with Gasteiger partial charge in [0.15, 0.2) is 0 Å². The van der Waals surface area contributed by atoms with Crippen LogP contribution in [0.15, 0.2) is 42.5 Å². The maximum atomic E-state index is 9.58. The summed E-state index contributed by atoms with van der Waals surface area (Å²) in [6.07, 6.45) is 0. The van der Waals surface area contributed by atoms with Gasteiger partial charge in [-0.3, -0.25) is 4.90 Å². The minimum absolute atomic E-state index is 0.145. The Hall–Kier alpha value is -1.89. The molecule has 0 saturated carbocycles. The average Bonchev–Trinajstić information content (AvgIpc) is 2.49. The van der Waals surface area contributed by atoms with Crippen molar-refractivity contribution in [3.63, 3.8) is 0 Å². The number of hydrogen-bond donors (Lipinski definition) is 1. The van der Waals surface area contributed by atoms with Crippen LogP contribution in [-0.4, -0.2) is 31.1 Å². The maximum Gasteiger partial charge on any atom is 0.124 e. The lowest BCUT2D eigenvalue weighted by molar-refractivity contribution is 0.208. The molecule has 3 rings (SSSR count). The van der Waals surface area contributed by atoms with Gasteiger partial charge in [0.05, 0.1) is 6.07 Å². The maximum absolute atomic E-state index is 9.58. The summed E-state index contributed by atoms with van der Waals surface area (Å²) in [5.41, 5.74) is 1.13. The van der Waals surface area contributed by atoms with Crippen LogP contribution in [0.5, 0.6) is 0 Å². The fraction of sp³-hybridized carbons (Fsp3) is 0.312. The molecule has 3 nitrogen and oxygen atoms in total. The first-order valence-electron chi connectivity index (χ1n) is 6.72. The van der Waals surface area contributed by atoms with E-state index in [-0.39, 0.29) is 6.04 Å². The van der Waals surface area contributed by atoms with E-state index in [1.165, 1.54) is 10.8 Å². The van der Waals surface area contributed by atoms with E-state index in [0.717, 1.165) is 31.7 Å². The predicted molar refractivity (Wildman–Crippen MR) is 76.7 cm³/mol. The second kappa shape index (κ2) is 5.40. The van der Waals surface area contributed by atoms with Gasteiger partial charge < -0.3 is 5.32 Å². The Morgan fingerprint density at radius 3 is 2.58 bits per heavy atom. The average molecular weight is 251 g/mol. The number of benzene rings is 2. The van der Waals surface area contributed by atoms with Crippen molar-refractivity contribution in [2.24, 2.45) is 0 Å². The van der Waals surface area contributed by atoms with Gasteiger partial charge in [0.2, 0.25) is 0 Å². The zero-order valence-electron chi connectivity index (χ0n) is 10.8. The van der Waals surface area contributed by atoms with Gasteiger partial charge >= 0.3 is 0 Å². The van der Waals surface area contributed by atoms with Crippen molar-refractivity contribution in [2.45, 2.75) is 6.04 Å². The Labute approximate surface area is 113 Å². The number of nitriles is 1. The molecule has 3 heteroatoms. The minimum atomic E-state index is -0.145. The Balaban J connectivity index is 2.04. The molecule has 1 aliphatic heterocycles. The van der Waals surface area contributed by atoms with Crippen LogP contribution in [0.4, 0.5) is 0 Å². The van der Waals surface area contributed by atoms with Crippen molar-refractivity contribution in [3.8, 4) is 6.07 Å². The highest BCUT2D eigenvalue weighted by Gasteiger charge is 2.22. The Bertz CT molecular complexity index is 603. The molecule has 1 fully saturated rings. The lowest BCUT2D eigenvalue weighted by Gasteiger charge is -2.31.